The maximum Gasteiger partial charge on any atom is 0.0543 e. The van der Waals surface area contributed by atoms with Gasteiger partial charge in [0, 0.05) is 42.5 Å². The number of hydrogen-bond donors (Lipinski definition) is 0. The molecule has 9 aromatic carbocycles. The second kappa shape index (κ2) is 12.9. The zero-order valence-corrected chi connectivity index (χ0v) is 31.8. The molecule has 0 radical (unpaired) electrons. The van der Waals surface area contributed by atoms with Crippen molar-refractivity contribution < 1.29 is 0 Å². The Labute approximate surface area is 331 Å². The van der Waals surface area contributed by atoms with Crippen LogP contribution in [0.15, 0.2) is 206 Å². The minimum atomic E-state index is -0.298. The standard InChI is InChI=1S/C54H37NS/c1-54(40-17-3-2-4-18-40)48-24-9-7-22-46(48)53-49(54)25-13-26-50(53)55(41-31-28-37(29-32-41)44-23-12-15-36-14-5-6-20-43(36)44)42-19-11-16-38(34-42)39-30-33-52-47(35-39)45-21-8-10-27-51(45)56-52/h2-35H,1H3. The lowest BCUT2D eigenvalue weighted by Gasteiger charge is -2.31. The molecule has 0 aliphatic heterocycles. The zero-order chi connectivity index (χ0) is 37.2. The van der Waals surface area contributed by atoms with Crippen LogP contribution in [-0.2, 0) is 5.41 Å². The average molecular weight is 732 g/mol. The van der Waals surface area contributed by atoms with Crippen molar-refractivity contribution in [1.29, 1.82) is 0 Å². The molecular weight excluding hydrogens is 695 g/mol. The van der Waals surface area contributed by atoms with Crippen LogP contribution < -0.4 is 4.90 Å². The molecule has 1 nitrogen and oxygen atoms in total. The summed E-state index contributed by atoms with van der Waals surface area (Å²) in [5.74, 6) is 0. The van der Waals surface area contributed by atoms with Crippen molar-refractivity contribution >= 4 is 59.3 Å². The molecule has 0 spiro atoms. The van der Waals surface area contributed by atoms with E-state index in [1.807, 2.05) is 11.3 Å². The van der Waals surface area contributed by atoms with Gasteiger partial charge in [-0.15, -0.1) is 11.3 Å². The van der Waals surface area contributed by atoms with Crippen LogP contribution in [0.4, 0.5) is 17.1 Å². The highest BCUT2D eigenvalue weighted by molar-refractivity contribution is 7.25. The molecule has 2 heteroatoms. The second-order valence-corrected chi connectivity index (χ2v) is 16.1. The molecule has 0 N–H and O–H groups in total. The number of anilines is 3. The van der Waals surface area contributed by atoms with Crippen LogP contribution in [0.25, 0.3) is 64.3 Å². The van der Waals surface area contributed by atoms with Crippen molar-refractivity contribution in [3.05, 3.63) is 223 Å². The monoisotopic (exact) mass is 731 g/mol. The first kappa shape index (κ1) is 32.7. The van der Waals surface area contributed by atoms with Crippen LogP contribution in [0.3, 0.4) is 0 Å². The predicted molar refractivity (Wildman–Crippen MR) is 240 cm³/mol. The lowest BCUT2D eigenvalue weighted by molar-refractivity contribution is 0.714. The fourth-order valence-electron chi connectivity index (χ4n) is 9.22. The van der Waals surface area contributed by atoms with Gasteiger partial charge in [0.25, 0.3) is 0 Å². The van der Waals surface area contributed by atoms with Gasteiger partial charge in [-0.3, -0.25) is 0 Å². The number of rotatable bonds is 6. The van der Waals surface area contributed by atoms with Gasteiger partial charge in [-0.1, -0.05) is 158 Å². The highest BCUT2D eigenvalue weighted by Gasteiger charge is 2.42. The van der Waals surface area contributed by atoms with Crippen molar-refractivity contribution in [2.45, 2.75) is 12.3 Å². The third-order valence-corrected chi connectivity index (χ3v) is 13.1. The number of thiophene rings is 1. The average Bonchev–Trinajstić information content (AvgIpc) is 3.77. The Morgan fingerprint density at radius 1 is 0.411 bits per heavy atom. The molecule has 10 aromatic rings. The van der Waals surface area contributed by atoms with Gasteiger partial charge in [-0.2, -0.15) is 0 Å². The molecule has 0 amide bonds. The molecule has 1 aliphatic carbocycles. The van der Waals surface area contributed by atoms with Crippen LogP contribution in [0.5, 0.6) is 0 Å². The van der Waals surface area contributed by atoms with Crippen LogP contribution in [-0.4, -0.2) is 0 Å². The van der Waals surface area contributed by atoms with Gasteiger partial charge in [-0.05, 0) is 111 Å². The van der Waals surface area contributed by atoms with Gasteiger partial charge >= 0.3 is 0 Å². The third-order valence-electron chi connectivity index (χ3n) is 11.9. The minimum Gasteiger partial charge on any atom is -0.310 e. The molecule has 0 saturated heterocycles. The Bertz CT molecular complexity index is 3100. The van der Waals surface area contributed by atoms with Crippen molar-refractivity contribution in [2.75, 3.05) is 4.90 Å². The van der Waals surface area contributed by atoms with Crippen molar-refractivity contribution in [3.63, 3.8) is 0 Å². The summed E-state index contributed by atoms with van der Waals surface area (Å²) in [6.07, 6.45) is 0. The van der Waals surface area contributed by atoms with E-state index in [-0.39, 0.29) is 5.41 Å². The van der Waals surface area contributed by atoms with E-state index in [9.17, 15) is 0 Å². The van der Waals surface area contributed by atoms with Gasteiger partial charge in [0.15, 0.2) is 0 Å². The summed E-state index contributed by atoms with van der Waals surface area (Å²) in [5.41, 5.74) is 14.5. The fourth-order valence-corrected chi connectivity index (χ4v) is 10.3. The molecule has 1 aliphatic rings. The molecule has 1 atom stereocenters. The molecule has 1 heterocycles. The molecule has 1 unspecified atom stereocenters. The summed E-state index contributed by atoms with van der Waals surface area (Å²) in [4.78, 5) is 2.47. The van der Waals surface area contributed by atoms with Crippen LogP contribution >= 0.6 is 11.3 Å². The van der Waals surface area contributed by atoms with E-state index in [0.717, 1.165) is 11.4 Å². The van der Waals surface area contributed by atoms with E-state index in [2.05, 4.69) is 218 Å². The lowest BCUT2D eigenvalue weighted by Crippen LogP contribution is -2.22. The quantitative estimate of drug-likeness (QED) is 0.165. The molecule has 56 heavy (non-hydrogen) atoms. The summed E-state index contributed by atoms with van der Waals surface area (Å²) in [5, 5.41) is 5.15. The molecule has 1 aromatic heterocycles. The molecule has 11 rings (SSSR count). The summed E-state index contributed by atoms with van der Waals surface area (Å²) in [6.45, 7) is 2.39. The first-order chi connectivity index (χ1) is 27.6. The SMILES string of the molecule is CC1(c2ccccc2)c2ccccc2-c2c(N(c3ccc(-c4cccc5ccccc45)cc3)c3cccc(-c4ccc5sc6ccccc6c5c4)c3)cccc21. The Balaban J connectivity index is 1.11. The Hall–Kier alpha value is -6.74. The normalized spacial score (nSPS) is 14.6. The van der Waals surface area contributed by atoms with E-state index in [1.165, 1.54) is 86.7 Å². The molecule has 0 fully saturated rings. The molecule has 0 bridgehead atoms. The molecule has 264 valence electrons. The Morgan fingerprint density at radius 3 is 1.95 bits per heavy atom. The van der Waals surface area contributed by atoms with Gasteiger partial charge in [0.1, 0.15) is 0 Å². The predicted octanol–water partition coefficient (Wildman–Crippen LogP) is 15.3. The van der Waals surface area contributed by atoms with Crippen LogP contribution in [0.2, 0.25) is 0 Å². The van der Waals surface area contributed by atoms with E-state index in [0.29, 0.717) is 0 Å². The summed E-state index contributed by atoms with van der Waals surface area (Å²) in [7, 11) is 0. The summed E-state index contributed by atoms with van der Waals surface area (Å²) >= 11 is 1.86. The second-order valence-electron chi connectivity index (χ2n) is 15.0. The topological polar surface area (TPSA) is 3.24 Å². The van der Waals surface area contributed by atoms with E-state index < -0.39 is 0 Å². The number of hydrogen-bond acceptors (Lipinski definition) is 2. The molecular formula is C54H37NS. The van der Waals surface area contributed by atoms with Gasteiger partial charge in [0.2, 0.25) is 0 Å². The summed E-state index contributed by atoms with van der Waals surface area (Å²) < 4.78 is 2.64. The van der Waals surface area contributed by atoms with Crippen LogP contribution in [0.1, 0.15) is 23.6 Å². The highest BCUT2D eigenvalue weighted by atomic mass is 32.1. The number of fused-ring (bicyclic) bond motifs is 7. The smallest absolute Gasteiger partial charge is 0.0543 e. The van der Waals surface area contributed by atoms with E-state index in [4.69, 9.17) is 0 Å². The van der Waals surface area contributed by atoms with Gasteiger partial charge < -0.3 is 4.90 Å². The molecule has 0 saturated carbocycles. The fraction of sp³-hybridized carbons (Fsp3) is 0.0370. The zero-order valence-electron chi connectivity index (χ0n) is 31.0. The number of nitrogens with zero attached hydrogens (tertiary/aromatic N) is 1. The minimum absolute atomic E-state index is 0.298. The van der Waals surface area contributed by atoms with Crippen molar-refractivity contribution in [3.8, 4) is 33.4 Å². The van der Waals surface area contributed by atoms with Gasteiger partial charge in [-0.25, -0.2) is 0 Å². The van der Waals surface area contributed by atoms with Crippen molar-refractivity contribution in [2.24, 2.45) is 0 Å². The highest BCUT2D eigenvalue weighted by Crippen LogP contribution is 2.56. The largest absolute Gasteiger partial charge is 0.310 e. The van der Waals surface area contributed by atoms with Gasteiger partial charge in [0.05, 0.1) is 5.69 Å². The maximum atomic E-state index is 2.47. The van der Waals surface area contributed by atoms with Crippen LogP contribution in [0, 0.1) is 0 Å². The third kappa shape index (κ3) is 5.07. The van der Waals surface area contributed by atoms with Crippen molar-refractivity contribution in [1.82, 2.24) is 0 Å². The first-order valence-corrected chi connectivity index (χ1v) is 20.2. The first-order valence-electron chi connectivity index (χ1n) is 19.3. The Morgan fingerprint density at radius 2 is 1.05 bits per heavy atom. The number of benzene rings is 9. The Kier molecular flexibility index (Phi) is 7.55. The van der Waals surface area contributed by atoms with E-state index >= 15 is 0 Å². The van der Waals surface area contributed by atoms with E-state index in [1.54, 1.807) is 0 Å². The lowest BCUT2D eigenvalue weighted by atomic mass is 9.74. The summed E-state index contributed by atoms with van der Waals surface area (Å²) in [6, 6.07) is 76.1. The maximum absolute atomic E-state index is 2.47.